The van der Waals surface area contributed by atoms with Crippen molar-refractivity contribution in [3.8, 4) is 34.4 Å². The van der Waals surface area contributed by atoms with E-state index in [0.29, 0.717) is 73.4 Å². The van der Waals surface area contributed by atoms with Gasteiger partial charge in [0.05, 0.1) is 19.8 Å². The molecule has 0 spiro atoms. The fourth-order valence-corrected chi connectivity index (χ4v) is 13.0. The number of oxazole rings is 3. The number of ether oxygens (including phenoxy) is 3. The van der Waals surface area contributed by atoms with Gasteiger partial charge in [0.2, 0.25) is 17.7 Å². The Morgan fingerprint density at radius 2 is 0.822 bits per heavy atom. The number of nitrogens with zero attached hydrogens (tertiary/aromatic N) is 4. The average molecular weight is 1210 g/mol. The van der Waals surface area contributed by atoms with Gasteiger partial charge in [0.25, 0.3) is 0 Å². The highest BCUT2D eigenvalue weighted by atomic mass is 16.5. The van der Waals surface area contributed by atoms with Crippen LogP contribution in [0.5, 0.6) is 0 Å². The number of nitrogens with one attached hydrogen (secondary N) is 1. The molecule has 90 heavy (non-hydrogen) atoms. The summed E-state index contributed by atoms with van der Waals surface area (Å²) in [6.07, 6.45) is 14.5. The number of nitrogens with two attached hydrogens (primary N) is 1. The van der Waals surface area contributed by atoms with Crippen molar-refractivity contribution < 1.29 is 27.5 Å². The molecule has 6 unspecified atom stereocenters. The normalized spacial score (nSPS) is 19.2. The van der Waals surface area contributed by atoms with Crippen LogP contribution in [-0.2, 0) is 53.7 Å². The standard InChI is InChI=1S/C33H38N2O2.C26H32N2O2.C19H26N2O2/c1-25-11-9-17-30(19-25)33-34-32(26(2)37-33)24-36-23-29-16-10-18-31(20-29)35(21-27-12-5-3-6-13-27)22-28-14-7-4-8-15-28;1-19-8-6-12-23(14-19)26-28-25(20(2)30-26)18-29-17-22-11-7-13-24(15-22)27-16-21-9-4-3-5-10-21;1-13-5-3-7-16(9-13)19-21-18(14(2)23-19)12-22-11-15-6-4-8-17(20)10-15/h3-9,11-15,17,19,29,31H,10,16,18,20-24H2,1-2H3;3-6,8-10,12,14,22,24,27H,7,11,13,15-18H2,1-2H3;3,5,7,9,15,17H,4,6,8,10-12,20H2,1-2H3. The lowest BCUT2D eigenvalue weighted by atomic mass is 9.85. The molecule has 0 radical (unpaired) electrons. The molecular weight excluding hydrogens is 1120 g/mol. The van der Waals surface area contributed by atoms with E-state index in [1.165, 1.54) is 97.6 Å². The molecule has 6 aromatic carbocycles. The molecule has 12 heteroatoms. The third kappa shape index (κ3) is 20.1. The zero-order valence-electron chi connectivity index (χ0n) is 54.2. The number of aryl methyl sites for hydroxylation is 6. The summed E-state index contributed by atoms with van der Waals surface area (Å²) in [7, 11) is 0. The van der Waals surface area contributed by atoms with Crippen molar-refractivity contribution in [1.82, 2.24) is 25.2 Å². The Bertz CT molecular complexity index is 3520. The van der Waals surface area contributed by atoms with Gasteiger partial charge in [-0.25, -0.2) is 15.0 Å². The third-order valence-electron chi connectivity index (χ3n) is 18.0. The summed E-state index contributed by atoms with van der Waals surface area (Å²) in [6, 6.07) is 58.6. The predicted molar refractivity (Wildman–Crippen MR) is 360 cm³/mol. The van der Waals surface area contributed by atoms with Crippen molar-refractivity contribution in [3.05, 3.63) is 232 Å². The van der Waals surface area contributed by atoms with Gasteiger partial charge in [0.1, 0.15) is 34.4 Å². The fraction of sp³-hybridized carbons (Fsp3) is 0.423. The van der Waals surface area contributed by atoms with E-state index in [1.54, 1.807) is 0 Å². The van der Waals surface area contributed by atoms with Crippen molar-refractivity contribution in [3.63, 3.8) is 0 Å². The van der Waals surface area contributed by atoms with Gasteiger partial charge in [-0.2, -0.15) is 0 Å². The second kappa shape index (κ2) is 33.7. The van der Waals surface area contributed by atoms with Crippen LogP contribution in [0.4, 0.5) is 0 Å². The molecule has 0 aliphatic heterocycles. The first-order chi connectivity index (χ1) is 43.9. The Balaban J connectivity index is 0.000000153. The molecule has 9 aromatic rings. The summed E-state index contributed by atoms with van der Waals surface area (Å²) in [6.45, 7) is 18.9. The monoisotopic (exact) mass is 1210 g/mol. The molecule has 3 N–H and O–H groups in total. The maximum Gasteiger partial charge on any atom is 0.226 e. The predicted octanol–water partition coefficient (Wildman–Crippen LogP) is 17.6. The largest absolute Gasteiger partial charge is 0.441 e. The minimum absolute atomic E-state index is 0.346. The highest BCUT2D eigenvalue weighted by Gasteiger charge is 2.28. The van der Waals surface area contributed by atoms with Gasteiger partial charge in [0, 0.05) is 74.3 Å². The maximum atomic E-state index is 6.24. The van der Waals surface area contributed by atoms with Gasteiger partial charge >= 0.3 is 0 Å². The number of rotatable bonds is 23. The Labute approximate surface area is 535 Å². The van der Waals surface area contributed by atoms with Gasteiger partial charge in [-0.05, 0) is 170 Å². The van der Waals surface area contributed by atoms with Gasteiger partial charge in [-0.15, -0.1) is 0 Å². The molecule has 0 saturated heterocycles. The van der Waals surface area contributed by atoms with E-state index in [0.717, 1.165) is 103 Å². The summed E-state index contributed by atoms with van der Waals surface area (Å²) in [4.78, 5) is 16.7. The van der Waals surface area contributed by atoms with Gasteiger partial charge in [0.15, 0.2) is 0 Å². The van der Waals surface area contributed by atoms with Crippen LogP contribution in [-0.4, -0.2) is 57.8 Å². The first kappa shape index (κ1) is 65.7. The minimum atomic E-state index is 0.346. The molecule has 3 aliphatic carbocycles. The zero-order valence-corrected chi connectivity index (χ0v) is 54.2. The first-order valence-corrected chi connectivity index (χ1v) is 33.1. The van der Waals surface area contributed by atoms with Crippen LogP contribution in [0.2, 0.25) is 0 Å². The van der Waals surface area contributed by atoms with Crippen molar-refractivity contribution in [1.29, 1.82) is 0 Å². The van der Waals surface area contributed by atoms with Crippen LogP contribution in [0.3, 0.4) is 0 Å². The quantitative estimate of drug-likeness (QED) is 0.0628. The van der Waals surface area contributed by atoms with Gasteiger partial charge in [-0.1, -0.05) is 163 Å². The van der Waals surface area contributed by atoms with Crippen molar-refractivity contribution in [2.75, 3.05) is 19.8 Å². The molecule has 474 valence electrons. The molecule has 0 bridgehead atoms. The lowest BCUT2D eigenvalue weighted by molar-refractivity contribution is 0.0425. The van der Waals surface area contributed by atoms with Crippen LogP contribution in [0.25, 0.3) is 34.4 Å². The number of hydrogen-bond donors (Lipinski definition) is 2. The Hall–Kier alpha value is -7.29. The average Bonchev–Trinajstić information content (AvgIpc) is 2.75. The Morgan fingerprint density at radius 1 is 0.433 bits per heavy atom. The number of benzene rings is 6. The molecule has 12 rings (SSSR count). The number of aromatic nitrogens is 3. The van der Waals surface area contributed by atoms with Crippen LogP contribution < -0.4 is 11.1 Å². The second-order valence-corrected chi connectivity index (χ2v) is 25.7. The van der Waals surface area contributed by atoms with E-state index in [-0.39, 0.29) is 0 Å². The molecule has 0 amide bonds. The minimum Gasteiger partial charge on any atom is -0.441 e. The van der Waals surface area contributed by atoms with Crippen molar-refractivity contribution in [2.45, 2.75) is 176 Å². The number of hydrogen-bond acceptors (Lipinski definition) is 12. The van der Waals surface area contributed by atoms with Gasteiger partial charge in [-0.3, -0.25) is 4.90 Å². The SMILES string of the molecule is Cc1cccc(-c2nc(COCC3CCCC(N(Cc4ccccc4)Cc4ccccc4)C3)c(C)o2)c1.Cc1cccc(-c2nc(COCC3CCCC(N)C3)c(C)o2)c1.Cc1cccc(-c2nc(COCC3CCCC(NCc4ccccc4)C3)c(C)o2)c1. The topological polar surface area (TPSA) is 147 Å². The van der Waals surface area contributed by atoms with Crippen LogP contribution in [0.15, 0.2) is 177 Å². The maximum absolute atomic E-state index is 6.24. The lowest BCUT2D eigenvalue weighted by Crippen LogP contribution is -2.39. The Morgan fingerprint density at radius 3 is 1.24 bits per heavy atom. The van der Waals surface area contributed by atoms with E-state index < -0.39 is 0 Å². The van der Waals surface area contributed by atoms with E-state index in [2.05, 4.69) is 168 Å². The molecule has 3 aliphatic rings. The molecule has 3 aromatic heterocycles. The van der Waals surface area contributed by atoms with E-state index in [1.807, 2.05) is 57.2 Å². The summed E-state index contributed by atoms with van der Waals surface area (Å²) in [5.74, 6) is 6.31. The molecule has 6 atom stereocenters. The molecule has 3 saturated carbocycles. The molecular formula is C78H96N6O6. The van der Waals surface area contributed by atoms with Crippen molar-refractivity contribution >= 4 is 0 Å². The second-order valence-electron chi connectivity index (χ2n) is 25.7. The molecule has 3 heterocycles. The summed E-state index contributed by atoms with van der Waals surface area (Å²) in [5.41, 5.74) is 19.5. The van der Waals surface area contributed by atoms with E-state index in [4.69, 9.17) is 38.2 Å². The first-order valence-electron chi connectivity index (χ1n) is 33.1. The fourth-order valence-electron chi connectivity index (χ4n) is 13.0. The van der Waals surface area contributed by atoms with E-state index >= 15 is 0 Å². The highest BCUT2D eigenvalue weighted by Crippen LogP contribution is 2.33. The Kier molecular flexibility index (Phi) is 24.6. The smallest absolute Gasteiger partial charge is 0.226 e. The van der Waals surface area contributed by atoms with Gasteiger partial charge < -0.3 is 38.5 Å². The third-order valence-corrected chi connectivity index (χ3v) is 18.0. The molecule has 12 nitrogen and oxygen atoms in total. The van der Waals surface area contributed by atoms with Crippen molar-refractivity contribution in [2.24, 2.45) is 23.5 Å². The molecule has 3 fully saturated rings. The van der Waals surface area contributed by atoms with Crippen LogP contribution >= 0.6 is 0 Å². The summed E-state index contributed by atoms with van der Waals surface area (Å²) >= 11 is 0. The van der Waals surface area contributed by atoms with Crippen LogP contribution in [0, 0.1) is 59.3 Å². The van der Waals surface area contributed by atoms with Crippen LogP contribution in [0.1, 0.15) is 145 Å². The highest BCUT2D eigenvalue weighted by molar-refractivity contribution is 5.56. The summed E-state index contributed by atoms with van der Waals surface area (Å²) < 4.78 is 35.8. The summed E-state index contributed by atoms with van der Waals surface area (Å²) in [5, 5.41) is 3.73. The lowest BCUT2D eigenvalue weighted by Gasteiger charge is -2.37. The van der Waals surface area contributed by atoms with E-state index in [9.17, 15) is 0 Å². The zero-order chi connectivity index (χ0) is 62.4.